The molecule has 0 radical (unpaired) electrons. The quantitative estimate of drug-likeness (QED) is 0.524. The first-order valence-electron chi connectivity index (χ1n) is 2.28. The van der Waals surface area contributed by atoms with Gasteiger partial charge in [0.2, 0.25) is 0 Å². The standard InChI is InChI=1S/C5HBrClFIN/c6-4-3(8)1-2(7)5(9)10-4/h1H. The monoisotopic (exact) mass is 335 g/mol. The number of rotatable bonds is 0. The summed E-state index contributed by atoms with van der Waals surface area (Å²) in [5.74, 6) is -0.439. The van der Waals surface area contributed by atoms with Gasteiger partial charge < -0.3 is 0 Å². The minimum atomic E-state index is -0.439. The highest BCUT2D eigenvalue weighted by Gasteiger charge is 2.04. The Morgan fingerprint density at radius 3 is 2.80 bits per heavy atom. The van der Waals surface area contributed by atoms with Crippen molar-refractivity contribution in [1.82, 2.24) is 4.98 Å². The van der Waals surface area contributed by atoms with Gasteiger partial charge in [0.15, 0.2) is 5.82 Å². The highest BCUT2D eigenvalue weighted by Crippen LogP contribution is 2.21. The Balaban J connectivity index is 3.28. The molecule has 0 unspecified atom stereocenters. The van der Waals surface area contributed by atoms with Gasteiger partial charge >= 0.3 is 0 Å². The van der Waals surface area contributed by atoms with Crippen LogP contribution < -0.4 is 0 Å². The van der Waals surface area contributed by atoms with Gasteiger partial charge in [0.1, 0.15) is 8.30 Å². The maximum Gasteiger partial charge on any atom is 0.157 e. The van der Waals surface area contributed by atoms with Gasteiger partial charge in [-0.2, -0.15) is 0 Å². The van der Waals surface area contributed by atoms with Crippen LogP contribution in [0.15, 0.2) is 10.7 Å². The topological polar surface area (TPSA) is 12.9 Å². The van der Waals surface area contributed by atoms with Crippen LogP contribution in [0.3, 0.4) is 0 Å². The molecule has 0 bridgehead atoms. The van der Waals surface area contributed by atoms with Crippen molar-refractivity contribution in [1.29, 1.82) is 0 Å². The van der Waals surface area contributed by atoms with Crippen LogP contribution in [0.25, 0.3) is 0 Å². The van der Waals surface area contributed by atoms with Gasteiger partial charge in [0.05, 0.1) is 5.02 Å². The fourth-order valence-corrected chi connectivity index (χ4v) is 1.58. The third kappa shape index (κ3) is 1.79. The molecule has 0 saturated heterocycles. The summed E-state index contributed by atoms with van der Waals surface area (Å²) in [6.45, 7) is 0. The van der Waals surface area contributed by atoms with Crippen molar-refractivity contribution < 1.29 is 4.39 Å². The molecule has 54 valence electrons. The lowest BCUT2D eigenvalue weighted by Crippen LogP contribution is -1.87. The lowest BCUT2D eigenvalue weighted by molar-refractivity contribution is 0.612. The molecule has 1 rings (SSSR count). The number of halogens is 4. The molecule has 0 N–H and O–H groups in total. The van der Waals surface area contributed by atoms with E-state index in [-0.39, 0.29) is 4.60 Å². The van der Waals surface area contributed by atoms with Crippen LogP contribution in [0.2, 0.25) is 5.02 Å². The van der Waals surface area contributed by atoms with Crippen molar-refractivity contribution in [2.24, 2.45) is 0 Å². The predicted octanol–water partition coefficient (Wildman–Crippen LogP) is 3.24. The van der Waals surface area contributed by atoms with E-state index in [4.69, 9.17) is 11.6 Å². The fourth-order valence-electron chi connectivity index (χ4n) is 0.423. The van der Waals surface area contributed by atoms with Crippen LogP contribution in [0.4, 0.5) is 4.39 Å². The number of hydrogen-bond acceptors (Lipinski definition) is 1. The highest BCUT2D eigenvalue weighted by atomic mass is 127. The van der Waals surface area contributed by atoms with Crippen LogP contribution in [0, 0.1) is 9.52 Å². The van der Waals surface area contributed by atoms with Crippen molar-refractivity contribution in [2.75, 3.05) is 0 Å². The molecule has 0 aliphatic carbocycles. The largest absolute Gasteiger partial charge is 0.230 e. The van der Waals surface area contributed by atoms with E-state index >= 15 is 0 Å². The van der Waals surface area contributed by atoms with E-state index in [1.807, 2.05) is 22.6 Å². The Hall–Kier alpha value is 0.580. The first-order chi connectivity index (χ1) is 4.61. The van der Waals surface area contributed by atoms with Crippen LogP contribution in [-0.2, 0) is 0 Å². The third-order valence-electron chi connectivity index (χ3n) is 0.844. The third-order valence-corrected chi connectivity index (χ3v) is 2.83. The van der Waals surface area contributed by atoms with Crippen molar-refractivity contribution >= 4 is 50.1 Å². The highest BCUT2D eigenvalue weighted by molar-refractivity contribution is 14.1. The molecule has 0 aromatic carbocycles. The molecular formula is C5HBrClFIN. The van der Waals surface area contributed by atoms with E-state index in [0.29, 0.717) is 8.72 Å². The van der Waals surface area contributed by atoms with Gasteiger partial charge in [-0.3, -0.25) is 0 Å². The molecule has 0 spiro atoms. The average Bonchev–Trinajstić information content (AvgIpc) is 1.84. The second-order valence-electron chi connectivity index (χ2n) is 1.53. The fraction of sp³-hybridized carbons (Fsp3) is 0. The van der Waals surface area contributed by atoms with Crippen molar-refractivity contribution in [3.63, 3.8) is 0 Å². The van der Waals surface area contributed by atoms with Crippen LogP contribution in [0.5, 0.6) is 0 Å². The number of nitrogens with zero attached hydrogens (tertiary/aromatic N) is 1. The Bertz CT molecular complexity index is 218. The van der Waals surface area contributed by atoms with Crippen molar-refractivity contribution in [3.8, 4) is 0 Å². The molecule has 1 aromatic rings. The summed E-state index contributed by atoms with van der Waals surface area (Å²) in [6.07, 6.45) is 0. The van der Waals surface area contributed by atoms with Gasteiger partial charge in [-0.25, -0.2) is 9.37 Å². The predicted molar refractivity (Wildman–Crippen MR) is 49.6 cm³/mol. The molecule has 1 nitrogen and oxygen atoms in total. The maximum absolute atomic E-state index is 12.6. The average molecular weight is 336 g/mol. The Morgan fingerprint density at radius 1 is 1.70 bits per heavy atom. The molecule has 5 heteroatoms. The van der Waals surface area contributed by atoms with Gasteiger partial charge in [-0.1, -0.05) is 11.6 Å². The van der Waals surface area contributed by atoms with Gasteiger partial charge in [0.25, 0.3) is 0 Å². The summed E-state index contributed by atoms with van der Waals surface area (Å²) in [4.78, 5) is 3.77. The molecule has 1 heterocycles. The second-order valence-corrected chi connectivity index (χ2v) is 3.71. The van der Waals surface area contributed by atoms with Crippen LogP contribution in [0.1, 0.15) is 0 Å². The molecule has 1 aromatic heterocycles. The maximum atomic E-state index is 12.6. The summed E-state index contributed by atoms with van der Waals surface area (Å²) in [5, 5.41) is 0.335. The zero-order chi connectivity index (χ0) is 7.72. The minimum absolute atomic E-state index is 0.196. The summed E-state index contributed by atoms with van der Waals surface area (Å²) in [7, 11) is 0. The first kappa shape index (κ1) is 8.67. The summed E-state index contributed by atoms with van der Waals surface area (Å²) >= 11 is 10.4. The lowest BCUT2D eigenvalue weighted by atomic mass is 10.5. The zero-order valence-electron chi connectivity index (χ0n) is 4.54. The number of pyridine rings is 1. The van der Waals surface area contributed by atoms with Gasteiger partial charge in [-0.15, -0.1) is 0 Å². The van der Waals surface area contributed by atoms with E-state index in [9.17, 15) is 4.39 Å². The first-order valence-corrected chi connectivity index (χ1v) is 4.53. The number of aromatic nitrogens is 1. The molecule has 0 aliphatic rings. The SMILES string of the molecule is Fc1cc(Cl)c(I)nc1Br. The summed E-state index contributed by atoms with van der Waals surface area (Å²) < 4.78 is 13.3. The molecular weight excluding hydrogens is 335 g/mol. The van der Waals surface area contributed by atoms with Crippen LogP contribution >= 0.6 is 50.1 Å². The van der Waals surface area contributed by atoms with E-state index in [1.54, 1.807) is 0 Å². The summed E-state index contributed by atoms with van der Waals surface area (Å²) in [6, 6.07) is 1.22. The van der Waals surface area contributed by atoms with E-state index in [2.05, 4.69) is 20.9 Å². The van der Waals surface area contributed by atoms with Crippen molar-refractivity contribution in [2.45, 2.75) is 0 Å². The van der Waals surface area contributed by atoms with Gasteiger partial charge in [0, 0.05) is 0 Å². The minimum Gasteiger partial charge on any atom is -0.230 e. The van der Waals surface area contributed by atoms with E-state index < -0.39 is 5.82 Å². The molecule has 0 aliphatic heterocycles. The molecule has 0 saturated carbocycles. The zero-order valence-corrected chi connectivity index (χ0v) is 9.04. The van der Waals surface area contributed by atoms with E-state index in [0.717, 1.165) is 0 Å². The second kappa shape index (κ2) is 3.32. The Morgan fingerprint density at radius 2 is 2.30 bits per heavy atom. The smallest absolute Gasteiger partial charge is 0.157 e. The van der Waals surface area contributed by atoms with Gasteiger partial charge in [-0.05, 0) is 44.6 Å². The lowest BCUT2D eigenvalue weighted by Gasteiger charge is -1.95. The van der Waals surface area contributed by atoms with E-state index in [1.165, 1.54) is 6.07 Å². The molecule has 0 amide bonds. The Kier molecular flexibility index (Phi) is 2.88. The normalized spacial score (nSPS) is 10.0. The molecule has 0 atom stereocenters. The summed E-state index contributed by atoms with van der Waals surface area (Å²) in [5.41, 5.74) is 0. The van der Waals surface area contributed by atoms with Crippen LogP contribution in [-0.4, -0.2) is 4.98 Å². The number of hydrogen-bond donors (Lipinski definition) is 0. The van der Waals surface area contributed by atoms with Crippen molar-refractivity contribution in [3.05, 3.63) is 25.2 Å². The Labute approximate surface area is 84.2 Å². The molecule has 0 fully saturated rings. The molecule has 10 heavy (non-hydrogen) atoms.